The Morgan fingerprint density at radius 2 is 2.07 bits per heavy atom. The number of piperazine rings is 1. The summed E-state index contributed by atoms with van der Waals surface area (Å²) < 4.78 is 1.00. The highest BCUT2D eigenvalue weighted by Gasteiger charge is 2.50. The summed E-state index contributed by atoms with van der Waals surface area (Å²) in [5.74, 6) is 0.727. The monoisotopic (exact) mass is 447 g/mol. The van der Waals surface area contributed by atoms with Crippen LogP contribution >= 0.6 is 15.9 Å². The van der Waals surface area contributed by atoms with Crippen molar-refractivity contribution >= 4 is 39.3 Å². The van der Waals surface area contributed by atoms with Crippen LogP contribution in [0.4, 0.5) is 5.69 Å². The van der Waals surface area contributed by atoms with E-state index in [1.54, 1.807) is 4.90 Å². The molecule has 2 aliphatic heterocycles. The number of benzene rings is 1. The number of hydrazone groups is 1. The molecule has 1 aliphatic carbocycles. The number of halogens is 1. The first kappa shape index (κ1) is 19.2. The number of carbonyl (C=O) groups is 2. The fourth-order valence-corrected chi connectivity index (χ4v) is 4.84. The van der Waals surface area contributed by atoms with Gasteiger partial charge in [0, 0.05) is 16.6 Å². The number of amidine groups is 1. The minimum absolute atomic E-state index is 0.0579. The summed E-state index contributed by atoms with van der Waals surface area (Å²) in [6.45, 7) is 4.11. The van der Waals surface area contributed by atoms with Crippen molar-refractivity contribution in [3.63, 3.8) is 0 Å². The highest BCUT2D eigenvalue weighted by molar-refractivity contribution is 9.10. The maximum atomic E-state index is 13.2. The van der Waals surface area contributed by atoms with Crippen LogP contribution in [0.1, 0.15) is 44.6 Å². The number of nitrogens with one attached hydrogen (secondary N) is 2. The summed E-state index contributed by atoms with van der Waals surface area (Å²) in [5.41, 5.74) is 4.79. The molecule has 1 saturated carbocycles. The van der Waals surface area contributed by atoms with Gasteiger partial charge in [-0.05, 0) is 43.5 Å². The third-order valence-corrected chi connectivity index (χ3v) is 6.82. The molecule has 0 aromatic heterocycles. The Bertz CT molecular complexity index is 827. The van der Waals surface area contributed by atoms with Gasteiger partial charge in [0.2, 0.25) is 5.91 Å². The van der Waals surface area contributed by atoms with Gasteiger partial charge in [-0.2, -0.15) is 5.10 Å². The first-order valence-corrected chi connectivity index (χ1v) is 10.8. The van der Waals surface area contributed by atoms with Crippen LogP contribution in [0.5, 0.6) is 0 Å². The normalized spacial score (nSPS) is 26.3. The number of amides is 2. The standard InChI is InChI=1S/C20H26BrN5O2/c1-3-17-23-24-19-20(28)25(15-6-4-5-7-16(15)26(17)19)11-18(27)22-13-8-9-14(21)12(2)10-13/h8-10,15-16,19,24H,3-7,11H2,1-2H3,(H,22,27). The number of anilines is 1. The number of fused-ring (bicyclic) bond motifs is 3. The second-order valence-corrected chi connectivity index (χ2v) is 8.57. The van der Waals surface area contributed by atoms with Crippen LogP contribution in [0, 0.1) is 6.92 Å². The third-order valence-electron chi connectivity index (χ3n) is 5.93. The molecule has 2 N–H and O–H groups in total. The molecule has 0 bridgehead atoms. The van der Waals surface area contributed by atoms with Gasteiger partial charge in [0.25, 0.3) is 5.91 Å². The number of hydrogen-bond donors (Lipinski definition) is 2. The van der Waals surface area contributed by atoms with Gasteiger partial charge < -0.3 is 15.1 Å². The summed E-state index contributed by atoms with van der Waals surface area (Å²) in [6.07, 6.45) is 4.51. The Balaban J connectivity index is 1.51. The van der Waals surface area contributed by atoms with Gasteiger partial charge in [0.05, 0.1) is 12.1 Å². The number of nitrogens with zero attached hydrogens (tertiary/aromatic N) is 3. The maximum Gasteiger partial charge on any atom is 0.268 e. The second kappa shape index (κ2) is 7.73. The molecule has 7 nitrogen and oxygen atoms in total. The predicted molar refractivity (Wildman–Crippen MR) is 112 cm³/mol. The molecule has 0 spiro atoms. The van der Waals surface area contributed by atoms with E-state index >= 15 is 0 Å². The van der Waals surface area contributed by atoms with Gasteiger partial charge in [-0.1, -0.05) is 35.7 Å². The molecular weight excluding hydrogens is 422 g/mol. The molecule has 150 valence electrons. The van der Waals surface area contributed by atoms with Crippen LogP contribution in [0.3, 0.4) is 0 Å². The fraction of sp³-hybridized carbons (Fsp3) is 0.550. The second-order valence-electron chi connectivity index (χ2n) is 7.72. The molecular formula is C20H26BrN5O2. The van der Waals surface area contributed by atoms with Crippen LogP contribution in [0.25, 0.3) is 0 Å². The first-order valence-electron chi connectivity index (χ1n) is 9.96. The first-order chi connectivity index (χ1) is 13.5. The van der Waals surface area contributed by atoms with E-state index in [4.69, 9.17) is 0 Å². The fourth-order valence-electron chi connectivity index (χ4n) is 4.60. The molecule has 1 aromatic carbocycles. The quantitative estimate of drug-likeness (QED) is 0.743. The van der Waals surface area contributed by atoms with Gasteiger partial charge in [0.15, 0.2) is 6.17 Å². The Morgan fingerprint density at radius 3 is 2.79 bits per heavy atom. The lowest BCUT2D eigenvalue weighted by molar-refractivity contribution is -0.151. The van der Waals surface area contributed by atoms with Crippen molar-refractivity contribution in [2.45, 2.75) is 64.2 Å². The van der Waals surface area contributed by atoms with Gasteiger partial charge in [-0.25, -0.2) is 0 Å². The molecule has 2 heterocycles. The molecule has 2 amide bonds. The lowest BCUT2D eigenvalue weighted by Gasteiger charge is -2.51. The number of hydrogen-bond acceptors (Lipinski definition) is 5. The molecule has 4 rings (SSSR count). The van der Waals surface area contributed by atoms with E-state index in [2.05, 4.69) is 43.6 Å². The molecule has 1 saturated heterocycles. The number of aryl methyl sites for hydroxylation is 1. The van der Waals surface area contributed by atoms with Gasteiger partial charge in [0.1, 0.15) is 12.4 Å². The molecule has 3 unspecified atom stereocenters. The summed E-state index contributed by atoms with van der Waals surface area (Å²) in [5, 5.41) is 7.32. The minimum atomic E-state index is -0.475. The van der Waals surface area contributed by atoms with Gasteiger partial charge in [-0.3, -0.25) is 15.0 Å². The van der Waals surface area contributed by atoms with Crippen molar-refractivity contribution in [2.24, 2.45) is 5.10 Å². The Morgan fingerprint density at radius 1 is 1.32 bits per heavy atom. The van der Waals surface area contributed by atoms with E-state index < -0.39 is 6.17 Å². The molecule has 1 aromatic rings. The topological polar surface area (TPSA) is 77.0 Å². The average molecular weight is 448 g/mol. The van der Waals surface area contributed by atoms with Crippen molar-refractivity contribution in [2.75, 3.05) is 11.9 Å². The highest BCUT2D eigenvalue weighted by Crippen LogP contribution is 2.35. The molecule has 2 fully saturated rings. The van der Waals surface area contributed by atoms with E-state index in [9.17, 15) is 9.59 Å². The number of rotatable bonds is 4. The zero-order chi connectivity index (χ0) is 19.8. The van der Waals surface area contributed by atoms with Crippen molar-refractivity contribution < 1.29 is 9.59 Å². The van der Waals surface area contributed by atoms with Crippen LogP contribution < -0.4 is 10.7 Å². The van der Waals surface area contributed by atoms with Crippen LogP contribution in [-0.4, -0.2) is 52.2 Å². The summed E-state index contributed by atoms with van der Waals surface area (Å²) in [7, 11) is 0. The van der Waals surface area contributed by atoms with E-state index in [0.717, 1.165) is 53.7 Å². The summed E-state index contributed by atoms with van der Waals surface area (Å²) in [6, 6.07) is 5.99. The van der Waals surface area contributed by atoms with Crippen LogP contribution in [-0.2, 0) is 9.59 Å². The molecule has 0 radical (unpaired) electrons. The third kappa shape index (κ3) is 3.38. The minimum Gasteiger partial charge on any atom is -0.325 e. The lowest BCUT2D eigenvalue weighted by atomic mass is 9.85. The van der Waals surface area contributed by atoms with E-state index in [-0.39, 0.29) is 30.4 Å². The summed E-state index contributed by atoms with van der Waals surface area (Å²) >= 11 is 3.47. The van der Waals surface area contributed by atoms with Gasteiger partial charge in [-0.15, -0.1) is 0 Å². The average Bonchev–Trinajstić information content (AvgIpc) is 3.12. The zero-order valence-corrected chi connectivity index (χ0v) is 17.8. The van der Waals surface area contributed by atoms with Crippen molar-refractivity contribution in [3.05, 3.63) is 28.2 Å². The molecule has 28 heavy (non-hydrogen) atoms. The van der Waals surface area contributed by atoms with Crippen molar-refractivity contribution in [1.82, 2.24) is 15.2 Å². The van der Waals surface area contributed by atoms with Crippen molar-refractivity contribution in [1.29, 1.82) is 0 Å². The smallest absolute Gasteiger partial charge is 0.268 e. The largest absolute Gasteiger partial charge is 0.325 e. The molecule has 8 heteroatoms. The predicted octanol–water partition coefficient (Wildman–Crippen LogP) is 2.80. The van der Waals surface area contributed by atoms with Crippen LogP contribution in [0.2, 0.25) is 0 Å². The zero-order valence-electron chi connectivity index (χ0n) is 16.2. The van der Waals surface area contributed by atoms with E-state index in [0.29, 0.717) is 0 Å². The van der Waals surface area contributed by atoms with E-state index in [1.165, 1.54) is 0 Å². The summed E-state index contributed by atoms with van der Waals surface area (Å²) in [4.78, 5) is 29.8. The Labute approximate surface area is 173 Å². The Kier molecular flexibility index (Phi) is 5.31. The Hall–Kier alpha value is -2.09. The van der Waals surface area contributed by atoms with Crippen molar-refractivity contribution in [3.8, 4) is 0 Å². The lowest BCUT2D eigenvalue weighted by Crippen LogP contribution is -2.69. The maximum absolute atomic E-state index is 13.2. The molecule has 3 aliphatic rings. The highest BCUT2D eigenvalue weighted by atomic mass is 79.9. The van der Waals surface area contributed by atoms with Gasteiger partial charge >= 0.3 is 0 Å². The van der Waals surface area contributed by atoms with Crippen LogP contribution in [0.15, 0.2) is 27.8 Å². The number of carbonyl (C=O) groups excluding carboxylic acids is 2. The molecule has 3 atom stereocenters. The van der Waals surface area contributed by atoms with E-state index in [1.807, 2.05) is 25.1 Å². The SMILES string of the molecule is CCC1=NNC2C(=O)N(CC(=O)Nc3ccc(Br)c(C)c3)C3CCCCC3N12.